The van der Waals surface area contributed by atoms with E-state index in [-0.39, 0.29) is 34.7 Å². The summed E-state index contributed by atoms with van der Waals surface area (Å²) in [5, 5.41) is 6.14. The zero-order chi connectivity index (χ0) is 24.2. The molecule has 1 aliphatic heterocycles. The molecule has 9 heteroatoms. The van der Waals surface area contributed by atoms with Crippen LogP contribution >= 0.6 is 11.6 Å². The highest BCUT2D eigenvalue weighted by Gasteiger charge is 2.33. The van der Waals surface area contributed by atoms with E-state index in [1.807, 2.05) is 13.8 Å². The molecular weight excluding hydrogens is 455 g/mol. The van der Waals surface area contributed by atoms with Gasteiger partial charge in [0.15, 0.2) is 0 Å². The Labute approximate surface area is 198 Å². The molecule has 0 aromatic heterocycles. The van der Waals surface area contributed by atoms with Crippen molar-refractivity contribution in [1.29, 1.82) is 0 Å². The van der Waals surface area contributed by atoms with Crippen LogP contribution in [0.15, 0.2) is 18.2 Å². The summed E-state index contributed by atoms with van der Waals surface area (Å²) in [6.45, 7) is 4.82. The van der Waals surface area contributed by atoms with Crippen molar-refractivity contribution in [2.24, 2.45) is 11.8 Å². The number of rotatable bonds is 6. The van der Waals surface area contributed by atoms with E-state index in [4.69, 9.17) is 11.6 Å². The molecule has 5 nitrogen and oxygen atoms in total. The highest BCUT2D eigenvalue weighted by molar-refractivity contribution is 6.33. The fraction of sp³-hybridized carbons (Fsp3) is 0.667. The van der Waals surface area contributed by atoms with Crippen molar-refractivity contribution >= 4 is 29.1 Å². The standard InChI is InChI=1S/C24H33ClF3N3O2/c1-15(2)21(30-20-9-8-17(14-19(20)25)24(26,27)28)23(33)31-12-10-18(11-13-31)29-22(32)16-6-4-3-5-7-16/h8-9,14-16,18,21,30H,3-7,10-13H2,1-2H3,(H,29,32)/t21-/m0/s1. The number of anilines is 1. The molecule has 1 heterocycles. The van der Waals surface area contributed by atoms with Crippen LogP contribution in [0.2, 0.25) is 5.02 Å². The van der Waals surface area contributed by atoms with Crippen LogP contribution in [0.3, 0.4) is 0 Å². The lowest BCUT2D eigenvalue weighted by Gasteiger charge is -2.36. The summed E-state index contributed by atoms with van der Waals surface area (Å²) < 4.78 is 38.7. The second-order valence-electron chi connectivity index (χ2n) is 9.50. The molecule has 0 radical (unpaired) electrons. The van der Waals surface area contributed by atoms with E-state index in [2.05, 4.69) is 10.6 Å². The zero-order valence-corrected chi connectivity index (χ0v) is 19.9. The van der Waals surface area contributed by atoms with E-state index in [1.165, 1.54) is 12.5 Å². The predicted molar refractivity (Wildman–Crippen MR) is 123 cm³/mol. The quantitative estimate of drug-likeness (QED) is 0.558. The summed E-state index contributed by atoms with van der Waals surface area (Å²) in [6, 6.07) is 2.54. The Hall–Kier alpha value is -1.96. The lowest BCUT2D eigenvalue weighted by molar-refractivity contribution is -0.137. The van der Waals surface area contributed by atoms with Crippen LogP contribution in [0.25, 0.3) is 0 Å². The van der Waals surface area contributed by atoms with Gasteiger partial charge < -0.3 is 15.5 Å². The van der Waals surface area contributed by atoms with Gasteiger partial charge >= 0.3 is 6.18 Å². The maximum Gasteiger partial charge on any atom is 0.416 e. The van der Waals surface area contributed by atoms with Crippen LogP contribution in [0.1, 0.15) is 64.4 Å². The van der Waals surface area contributed by atoms with Crippen molar-refractivity contribution in [3.63, 3.8) is 0 Å². The van der Waals surface area contributed by atoms with Gasteiger partial charge in [0.25, 0.3) is 0 Å². The molecule has 2 N–H and O–H groups in total. The molecular formula is C24H33ClF3N3O2. The number of alkyl halides is 3. The molecule has 1 saturated carbocycles. The highest BCUT2D eigenvalue weighted by Crippen LogP contribution is 2.34. The third-order valence-corrected chi connectivity index (χ3v) is 6.98. The molecule has 1 aromatic rings. The number of likely N-dealkylation sites (tertiary alicyclic amines) is 1. The van der Waals surface area contributed by atoms with Gasteiger partial charge in [-0.15, -0.1) is 0 Å². The smallest absolute Gasteiger partial charge is 0.372 e. The first-order chi connectivity index (χ1) is 15.6. The number of nitrogens with one attached hydrogen (secondary N) is 2. The van der Waals surface area contributed by atoms with Gasteiger partial charge in [-0.25, -0.2) is 0 Å². The monoisotopic (exact) mass is 487 g/mol. The molecule has 2 aliphatic rings. The van der Waals surface area contributed by atoms with Crippen LogP contribution in [-0.2, 0) is 15.8 Å². The molecule has 0 unspecified atom stereocenters. The van der Waals surface area contributed by atoms with Gasteiger partial charge in [-0.2, -0.15) is 13.2 Å². The fourth-order valence-corrected chi connectivity index (χ4v) is 4.85. The van der Waals surface area contributed by atoms with Gasteiger partial charge in [-0.05, 0) is 49.8 Å². The SMILES string of the molecule is CC(C)[C@H](Nc1ccc(C(F)(F)F)cc1Cl)C(=O)N1CCC(NC(=O)C2CCCCC2)CC1. The number of hydrogen-bond donors (Lipinski definition) is 2. The van der Waals surface area contributed by atoms with Gasteiger partial charge in [0.1, 0.15) is 6.04 Å². The van der Waals surface area contributed by atoms with E-state index in [0.717, 1.165) is 37.8 Å². The molecule has 0 spiro atoms. The molecule has 2 amide bonds. The van der Waals surface area contributed by atoms with Crippen LogP contribution in [0, 0.1) is 11.8 Å². The molecule has 184 valence electrons. The highest BCUT2D eigenvalue weighted by atomic mass is 35.5. The van der Waals surface area contributed by atoms with Gasteiger partial charge in [0.2, 0.25) is 11.8 Å². The second kappa shape index (κ2) is 11.0. The van der Waals surface area contributed by atoms with Gasteiger partial charge in [-0.1, -0.05) is 44.7 Å². The number of hydrogen-bond acceptors (Lipinski definition) is 3. The molecule has 1 aliphatic carbocycles. The first kappa shape index (κ1) is 25.7. The van der Waals surface area contributed by atoms with E-state index in [1.54, 1.807) is 4.90 Å². The number of piperidine rings is 1. The number of carbonyl (C=O) groups excluding carboxylic acids is 2. The number of amides is 2. The minimum absolute atomic E-state index is 0.0679. The summed E-state index contributed by atoms with van der Waals surface area (Å²) in [5.41, 5.74) is -0.533. The first-order valence-electron chi connectivity index (χ1n) is 11.8. The van der Waals surface area contributed by atoms with Crippen LogP contribution < -0.4 is 10.6 Å². The average Bonchev–Trinajstić information content (AvgIpc) is 2.78. The number of benzene rings is 1. The first-order valence-corrected chi connectivity index (χ1v) is 12.2. The largest absolute Gasteiger partial charge is 0.416 e. The summed E-state index contributed by atoms with van der Waals surface area (Å²) in [6.07, 6.45) is 2.23. The fourth-order valence-electron chi connectivity index (χ4n) is 4.61. The third kappa shape index (κ3) is 6.78. The van der Waals surface area contributed by atoms with Gasteiger partial charge in [-0.3, -0.25) is 9.59 Å². The lowest BCUT2D eigenvalue weighted by Crippen LogP contribution is -2.52. The van der Waals surface area contributed by atoms with Gasteiger partial charge in [0.05, 0.1) is 16.3 Å². The normalized spacial score (nSPS) is 19.4. The van der Waals surface area contributed by atoms with E-state index in [0.29, 0.717) is 31.6 Å². The molecule has 2 fully saturated rings. The summed E-state index contributed by atoms with van der Waals surface area (Å²) in [5.74, 6) is 0.0390. The molecule has 3 rings (SSSR count). The zero-order valence-electron chi connectivity index (χ0n) is 19.2. The van der Waals surface area contributed by atoms with Gasteiger partial charge in [0, 0.05) is 25.0 Å². The van der Waals surface area contributed by atoms with E-state index in [9.17, 15) is 22.8 Å². The van der Waals surface area contributed by atoms with Crippen molar-refractivity contribution in [2.75, 3.05) is 18.4 Å². The average molecular weight is 488 g/mol. The van der Waals surface area contributed by atoms with Crippen LogP contribution in [-0.4, -0.2) is 41.9 Å². The Bertz CT molecular complexity index is 833. The predicted octanol–water partition coefficient (Wildman–Crippen LogP) is 5.48. The van der Waals surface area contributed by atoms with Crippen molar-refractivity contribution in [2.45, 2.75) is 77.1 Å². The molecule has 1 saturated heterocycles. The van der Waals surface area contributed by atoms with Crippen LogP contribution in [0.4, 0.5) is 18.9 Å². The number of halogens is 4. The third-order valence-electron chi connectivity index (χ3n) is 6.67. The molecule has 33 heavy (non-hydrogen) atoms. The Balaban J connectivity index is 1.57. The van der Waals surface area contributed by atoms with Crippen molar-refractivity contribution < 1.29 is 22.8 Å². The molecule has 0 bridgehead atoms. The maximum atomic E-state index is 13.2. The Kier molecular flexibility index (Phi) is 8.54. The van der Waals surface area contributed by atoms with E-state index >= 15 is 0 Å². The summed E-state index contributed by atoms with van der Waals surface area (Å²) in [4.78, 5) is 27.5. The molecule has 1 atom stereocenters. The maximum absolute atomic E-state index is 13.2. The second-order valence-corrected chi connectivity index (χ2v) is 9.91. The minimum Gasteiger partial charge on any atom is -0.372 e. The van der Waals surface area contributed by atoms with Crippen molar-refractivity contribution in [3.05, 3.63) is 28.8 Å². The summed E-state index contributed by atoms with van der Waals surface area (Å²) >= 11 is 6.08. The Morgan fingerprint density at radius 2 is 1.70 bits per heavy atom. The van der Waals surface area contributed by atoms with Crippen molar-refractivity contribution in [1.82, 2.24) is 10.2 Å². The minimum atomic E-state index is -4.48. The topological polar surface area (TPSA) is 61.4 Å². The van der Waals surface area contributed by atoms with E-state index < -0.39 is 17.8 Å². The van der Waals surface area contributed by atoms with Crippen molar-refractivity contribution in [3.8, 4) is 0 Å². The Morgan fingerprint density at radius 1 is 1.06 bits per heavy atom. The van der Waals surface area contributed by atoms with Crippen LogP contribution in [0.5, 0.6) is 0 Å². The number of carbonyl (C=O) groups is 2. The Morgan fingerprint density at radius 3 is 2.24 bits per heavy atom. The lowest BCUT2D eigenvalue weighted by atomic mass is 9.88. The summed E-state index contributed by atoms with van der Waals surface area (Å²) in [7, 11) is 0. The molecule has 1 aromatic carbocycles. The number of nitrogens with zero attached hydrogens (tertiary/aromatic N) is 1.